The van der Waals surface area contributed by atoms with Gasteiger partial charge in [0.1, 0.15) is 0 Å². The summed E-state index contributed by atoms with van der Waals surface area (Å²) < 4.78 is 0. The standard InChI is InChI=1S/C16H31N/c1-13-4-2-6-15(12-13)7-3-5-14-8-10-16(17)11-9-14/h13-16H,2-12,17H2,1H3/t13-,14?,15+,16?/m0/s1. The Labute approximate surface area is 108 Å². The molecule has 2 aliphatic rings. The Kier molecular flexibility index (Phi) is 5.34. The van der Waals surface area contributed by atoms with Gasteiger partial charge < -0.3 is 5.73 Å². The molecule has 2 N–H and O–H groups in total. The van der Waals surface area contributed by atoms with E-state index in [-0.39, 0.29) is 0 Å². The lowest BCUT2D eigenvalue weighted by Crippen LogP contribution is -2.26. The van der Waals surface area contributed by atoms with Crippen molar-refractivity contribution in [2.45, 2.75) is 83.6 Å². The van der Waals surface area contributed by atoms with E-state index in [1.54, 1.807) is 0 Å². The normalized spacial score (nSPS) is 39.2. The van der Waals surface area contributed by atoms with Crippen LogP contribution in [0.1, 0.15) is 77.6 Å². The molecule has 1 nitrogen and oxygen atoms in total. The lowest BCUT2D eigenvalue weighted by atomic mass is 9.78. The van der Waals surface area contributed by atoms with E-state index in [0.29, 0.717) is 6.04 Å². The molecule has 0 heterocycles. The number of rotatable bonds is 4. The van der Waals surface area contributed by atoms with Crippen LogP contribution in [0.2, 0.25) is 0 Å². The predicted octanol–water partition coefficient (Wildman–Crippen LogP) is 4.50. The van der Waals surface area contributed by atoms with Crippen molar-refractivity contribution in [3.63, 3.8) is 0 Å². The highest BCUT2D eigenvalue weighted by Gasteiger charge is 2.21. The summed E-state index contributed by atoms with van der Waals surface area (Å²) in [6.07, 6.45) is 15.8. The number of hydrogen-bond acceptors (Lipinski definition) is 1. The highest BCUT2D eigenvalue weighted by Crippen LogP contribution is 2.33. The summed E-state index contributed by atoms with van der Waals surface area (Å²) in [5.41, 5.74) is 5.96. The third kappa shape index (κ3) is 4.62. The van der Waals surface area contributed by atoms with Gasteiger partial charge in [0.25, 0.3) is 0 Å². The molecule has 0 unspecified atom stereocenters. The third-order valence-electron chi connectivity index (χ3n) is 5.16. The van der Waals surface area contributed by atoms with Gasteiger partial charge >= 0.3 is 0 Å². The first kappa shape index (κ1) is 13.4. The van der Waals surface area contributed by atoms with Crippen molar-refractivity contribution in [2.24, 2.45) is 23.5 Å². The topological polar surface area (TPSA) is 26.0 Å². The molecule has 0 aromatic heterocycles. The van der Waals surface area contributed by atoms with Crippen LogP contribution in [-0.4, -0.2) is 6.04 Å². The van der Waals surface area contributed by atoms with Crippen molar-refractivity contribution in [1.82, 2.24) is 0 Å². The fraction of sp³-hybridized carbons (Fsp3) is 1.00. The Bertz CT molecular complexity index is 206. The molecule has 2 atom stereocenters. The molecule has 0 bridgehead atoms. The van der Waals surface area contributed by atoms with E-state index in [1.807, 2.05) is 0 Å². The van der Waals surface area contributed by atoms with Gasteiger partial charge in [-0.25, -0.2) is 0 Å². The Morgan fingerprint density at radius 1 is 0.882 bits per heavy atom. The second-order valence-electron chi connectivity index (χ2n) is 6.85. The van der Waals surface area contributed by atoms with Crippen LogP contribution in [0.3, 0.4) is 0 Å². The van der Waals surface area contributed by atoms with Gasteiger partial charge in [-0.2, -0.15) is 0 Å². The van der Waals surface area contributed by atoms with Crippen LogP contribution in [0, 0.1) is 17.8 Å². The predicted molar refractivity (Wildman–Crippen MR) is 74.9 cm³/mol. The van der Waals surface area contributed by atoms with Crippen LogP contribution in [0.5, 0.6) is 0 Å². The SMILES string of the molecule is C[C@H]1CCC[C@H](CCCC2CCC(N)CC2)C1. The van der Waals surface area contributed by atoms with E-state index in [4.69, 9.17) is 5.73 Å². The zero-order valence-electron chi connectivity index (χ0n) is 11.7. The maximum atomic E-state index is 5.96. The van der Waals surface area contributed by atoms with E-state index < -0.39 is 0 Å². The molecule has 0 radical (unpaired) electrons. The smallest absolute Gasteiger partial charge is 0.00390 e. The summed E-state index contributed by atoms with van der Waals surface area (Å²) in [5, 5.41) is 0. The van der Waals surface area contributed by atoms with Crippen LogP contribution in [0.25, 0.3) is 0 Å². The fourth-order valence-electron chi connectivity index (χ4n) is 3.99. The monoisotopic (exact) mass is 237 g/mol. The average Bonchev–Trinajstić information content (AvgIpc) is 2.32. The second-order valence-corrected chi connectivity index (χ2v) is 6.85. The summed E-state index contributed by atoms with van der Waals surface area (Å²) in [5.74, 6) is 3.07. The van der Waals surface area contributed by atoms with Crippen LogP contribution in [0.4, 0.5) is 0 Å². The zero-order valence-corrected chi connectivity index (χ0v) is 11.7. The van der Waals surface area contributed by atoms with E-state index in [1.165, 1.54) is 70.6 Å². The summed E-state index contributed by atoms with van der Waals surface area (Å²) >= 11 is 0. The zero-order chi connectivity index (χ0) is 12.1. The van der Waals surface area contributed by atoms with Gasteiger partial charge in [-0.3, -0.25) is 0 Å². The van der Waals surface area contributed by atoms with E-state index in [2.05, 4.69) is 6.92 Å². The minimum absolute atomic E-state index is 0.519. The Hall–Kier alpha value is -0.0400. The molecule has 0 spiro atoms. The molecular formula is C16H31N. The highest BCUT2D eigenvalue weighted by molar-refractivity contribution is 4.75. The molecular weight excluding hydrogens is 206 g/mol. The van der Waals surface area contributed by atoms with Crippen molar-refractivity contribution in [2.75, 3.05) is 0 Å². The molecule has 2 aliphatic carbocycles. The van der Waals surface area contributed by atoms with Crippen molar-refractivity contribution in [3.8, 4) is 0 Å². The first-order valence-electron chi connectivity index (χ1n) is 7.99. The fourth-order valence-corrected chi connectivity index (χ4v) is 3.99. The van der Waals surface area contributed by atoms with Gasteiger partial charge in [0, 0.05) is 6.04 Å². The maximum Gasteiger partial charge on any atom is 0.00390 e. The molecule has 0 saturated heterocycles. The summed E-state index contributed by atoms with van der Waals surface area (Å²) in [7, 11) is 0. The van der Waals surface area contributed by atoms with Gasteiger partial charge in [-0.15, -0.1) is 0 Å². The summed E-state index contributed by atoms with van der Waals surface area (Å²) in [4.78, 5) is 0. The van der Waals surface area contributed by atoms with Crippen molar-refractivity contribution in [1.29, 1.82) is 0 Å². The lowest BCUT2D eigenvalue weighted by molar-refractivity contribution is 0.247. The Morgan fingerprint density at radius 2 is 1.59 bits per heavy atom. The molecule has 17 heavy (non-hydrogen) atoms. The van der Waals surface area contributed by atoms with Crippen LogP contribution in [0.15, 0.2) is 0 Å². The van der Waals surface area contributed by atoms with Gasteiger partial charge in [0.2, 0.25) is 0 Å². The summed E-state index contributed by atoms with van der Waals surface area (Å²) in [6.45, 7) is 2.44. The minimum atomic E-state index is 0.519. The quantitative estimate of drug-likeness (QED) is 0.765. The molecule has 0 amide bonds. The Morgan fingerprint density at radius 3 is 2.29 bits per heavy atom. The minimum Gasteiger partial charge on any atom is -0.328 e. The van der Waals surface area contributed by atoms with Crippen LogP contribution >= 0.6 is 0 Å². The lowest BCUT2D eigenvalue weighted by Gasteiger charge is -2.29. The third-order valence-corrected chi connectivity index (χ3v) is 5.16. The maximum absolute atomic E-state index is 5.96. The van der Waals surface area contributed by atoms with Crippen molar-refractivity contribution < 1.29 is 0 Å². The molecule has 2 rings (SSSR count). The van der Waals surface area contributed by atoms with Gasteiger partial charge in [0.15, 0.2) is 0 Å². The average molecular weight is 237 g/mol. The largest absolute Gasteiger partial charge is 0.328 e. The number of hydrogen-bond donors (Lipinski definition) is 1. The second kappa shape index (κ2) is 6.78. The van der Waals surface area contributed by atoms with Gasteiger partial charge in [-0.05, 0) is 49.9 Å². The first-order chi connectivity index (χ1) is 8.24. The molecule has 0 aromatic rings. The molecule has 0 aromatic carbocycles. The van der Waals surface area contributed by atoms with Gasteiger partial charge in [0.05, 0.1) is 0 Å². The van der Waals surface area contributed by atoms with E-state index in [0.717, 1.165) is 17.8 Å². The molecule has 1 heteroatoms. The molecule has 2 saturated carbocycles. The Balaban J connectivity index is 1.56. The van der Waals surface area contributed by atoms with E-state index in [9.17, 15) is 0 Å². The van der Waals surface area contributed by atoms with Crippen molar-refractivity contribution >= 4 is 0 Å². The van der Waals surface area contributed by atoms with E-state index >= 15 is 0 Å². The molecule has 100 valence electrons. The van der Waals surface area contributed by atoms with Crippen molar-refractivity contribution in [3.05, 3.63) is 0 Å². The summed E-state index contributed by atoms with van der Waals surface area (Å²) in [6, 6.07) is 0.519. The highest BCUT2D eigenvalue weighted by atomic mass is 14.6. The number of nitrogens with two attached hydrogens (primary N) is 1. The molecule has 0 aliphatic heterocycles. The van der Waals surface area contributed by atoms with Gasteiger partial charge in [-0.1, -0.05) is 45.4 Å². The molecule has 2 fully saturated rings. The van der Waals surface area contributed by atoms with Crippen LogP contribution < -0.4 is 5.73 Å². The first-order valence-corrected chi connectivity index (χ1v) is 7.99. The van der Waals surface area contributed by atoms with Crippen LogP contribution in [-0.2, 0) is 0 Å².